The van der Waals surface area contributed by atoms with Crippen molar-refractivity contribution in [3.63, 3.8) is 0 Å². The minimum Gasteiger partial charge on any atom is -0.496 e. The number of methoxy groups -OCH3 is 1. The van der Waals surface area contributed by atoms with Gasteiger partial charge in [0, 0.05) is 10.2 Å². The molecule has 0 saturated carbocycles. The number of anilines is 1. The van der Waals surface area contributed by atoms with Crippen LogP contribution in [-0.2, 0) is 0 Å². The van der Waals surface area contributed by atoms with Crippen LogP contribution in [0.1, 0.15) is 20.7 Å². The molecule has 142 valence electrons. The van der Waals surface area contributed by atoms with Crippen LogP contribution in [0.2, 0.25) is 0 Å². The van der Waals surface area contributed by atoms with Crippen LogP contribution in [0.15, 0.2) is 71.2 Å². The topological polar surface area (TPSA) is 64.6 Å². The highest BCUT2D eigenvalue weighted by atomic mass is 79.9. The predicted octanol–water partition coefficient (Wildman–Crippen LogP) is 5.07. The summed E-state index contributed by atoms with van der Waals surface area (Å²) in [6.45, 7) is 0. The van der Waals surface area contributed by atoms with Crippen molar-refractivity contribution in [2.24, 2.45) is 0 Å². The largest absolute Gasteiger partial charge is 0.496 e. The second kappa shape index (κ2) is 8.67. The predicted molar refractivity (Wildman–Crippen MR) is 106 cm³/mol. The van der Waals surface area contributed by atoms with Crippen molar-refractivity contribution in [1.29, 1.82) is 0 Å². The zero-order valence-electron chi connectivity index (χ0n) is 14.7. The molecule has 0 aliphatic rings. The Morgan fingerprint density at radius 1 is 0.964 bits per heavy atom. The van der Waals surface area contributed by atoms with E-state index in [0.717, 1.165) is 6.07 Å². The average Bonchev–Trinajstić information content (AvgIpc) is 2.71. The molecule has 0 unspecified atom stereocenters. The smallest absolute Gasteiger partial charge is 0.344 e. The fourth-order valence-corrected chi connectivity index (χ4v) is 2.86. The fraction of sp³-hybridized carbons (Fsp3) is 0.0476. The molecular formula is C21H15BrFNO4. The van der Waals surface area contributed by atoms with Gasteiger partial charge in [-0.15, -0.1) is 0 Å². The van der Waals surface area contributed by atoms with Gasteiger partial charge >= 0.3 is 5.97 Å². The first kappa shape index (κ1) is 19.6. The van der Waals surface area contributed by atoms with Crippen molar-refractivity contribution in [3.05, 3.63) is 88.1 Å². The van der Waals surface area contributed by atoms with Gasteiger partial charge in [0.15, 0.2) is 0 Å². The summed E-state index contributed by atoms with van der Waals surface area (Å²) in [6, 6.07) is 16.9. The number of hydrogen-bond acceptors (Lipinski definition) is 4. The van der Waals surface area contributed by atoms with E-state index in [9.17, 15) is 14.0 Å². The Kier molecular flexibility index (Phi) is 6.06. The van der Waals surface area contributed by atoms with Crippen molar-refractivity contribution < 1.29 is 23.5 Å². The molecule has 28 heavy (non-hydrogen) atoms. The van der Waals surface area contributed by atoms with Gasteiger partial charge in [0.1, 0.15) is 17.3 Å². The van der Waals surface area contributed by atoms with E-state index < -0.39 is 11.8 Å². The Hall–Kier alpha value is -3.19. The normalized spacial score (nSPS) is 10.2. The number of nitrogens with one attached hydrogen (secondary N) is 1. The Balaban J connectivity index is 1.69. The lowest BCUT2D eigenvalue weighted by molar-refractivity contribution is 0.0733. The number of halogens is 2. The van der Waals surface area contributed by atoms with Crippen LogP contribution >= 0.6 is 15.9 Å². The molecular weight excluding hydrogens is 429 g/mol. The zero-order valence-corrected chi connectivity index (χ0v) is 16.3. The van der Waals surface area contributed by atoms with E-state index in [-0.39, 0.29) is 17.2 Å². The number of esters is 1. The second-order valence-corrected chi connectivity index (χ2v) is 6.55. The Morgan fingerprint density at radius 3 is 2.39 bits per heavy atom. The zero-order chi connectivity index (χ0) is 20.1. The van der Waals surface area contributed by atoms with Gasteiger partial charge in [0.2, 0.25) is 0 Å². The SMILES string of the molecule is COc1ccccc1C(=O)Nc1ccc(OC(=O)c2cc(F)ccc2Br)cc1. The summed E-state index contributed by atoms with van der Waals surface area (Å²) in [5, 5.41) is 2.75. The third kappa shape index (κ3) is 4.55. The summed E-state index contributed by atoms with van der Waals surface area (Å²) >= 11 is 3.19. The standard InChI is InChI=1S/C21H15BrFNO4/c1-27-19-5-3-2-4-16(19)20(25)24-14-7-9-15(10-8-14)28-21(26)17-12-13(23)6-11-18(17)22/h2-12H,1H3,(H,24,25). The molecule has 0 aromatic heterocycles. The molecule has 0 fully saturated rings. The van der Waals surface area contributed by atoms with Gasteiger partial charge in [-0.25, -0.2) is 9.18 Å². The molecule has 0 aliphatic heterocycles. The number of ether oxygens (including phenoxy) is 2. The minimum atomic E-state index is -0.697. The highest BCUT2D eigenvalue weighted by Crippen LogP contribution is 2.23. The lowest BCUT2D eigenvalue weighted by Gasteiger charge is -2.10. The van der Waals surface area contributed by atoms with Gasteiger partial charge in [-0.2, -0.15) is 0 Å². The summed E-state index contributed by atoms with van der Waals surface area (Å²) in [7, 11) is 1.49. The van der Waals surface area contributed by atoms with Gasteiger partial charge in [-0.3, -0.25) is 4.79 Å². The van der Waals surface area contributed by atoms with Gasteiger partial charge in [-0.1, -0.05) is 12.1 Å². The van der Waals surface area contributed by atoms with E-state index in [1.165, 1.54) is 31.4 Å². The molecule has 1 N–H and O–H groups in total. The Bertz CT molecular complexity index is 1020. The van der Waals surface area contributed by atoms with Gasteiger partial charge in [0.05, 0.1) is 18.2 Å². The molecule has 3 rings (SSSR count). The molecule has 3 aromatic rings. The van der Waals surface area contributed by atoms with Gasteiger partial charge in [-0.05, 0) is 70.5 Å². The quantitative estimate of drug-likeness (QED) is 0.441. The third-order valence-electron chi connectivity index (χ3n) is 3.82. The highest BCUT2D eigenvalue weighted by molar-refractivity contribution is 9.10. The molecule has 3 aromatic carbocycles. The molecule has 0 radical (unpaired) electrons. The molecule has 0 heterocycles. The van der Waals surface area contributed by atoms with Gasteiger partial charge < -0.3 is 14.8 Å². The maximum absolute atomic E-state index is 13.3. The van der Waals surface area contributed by atoms with E-state index >= 15 is 0 Å². The first-order chi connectivity index (χ1) is 13.5. The molecule has 0 bridgehead atoms. The molecule has 0 aliphatic carbocycles. The van der Waals surface area contributed by atoms with Crippen molar-refractivity contribution in [2.45, 2.75) is 0 Å². The van der Waals surface area contributed by atoms with Crippen molar-refractivity contribution in [2.75, 3.05) is 12.4 Å². The van der Waals surface area contributed by atoms with Crippen LogP contribution in [-0.4, -0.2) is 19.0 Å². The van der Waals surface area contributed by atoms with Crippen LogP contribution in [0, 0.1) is 5.82 Å². The van der Waals surface area contributed by atoms with Crippen LogP contribution in [0.3, 0.4) is 0 Å². The number of carbonyl (C=O) groups is 2. The highest BCUT2D eigenvalue weighted by Gasteiger charge is 2.15. The first-order valence-corrected chi connectivity index (χ1v) is 8.99. The van der Waals surface area contributed by atoms with E-state index in [1.807, 2.05) is 0 Å². The first-order valence-electron chi connectivity index (χ1n) is 8.19. The molecule has 7 heteroatoms. The van der Waals surface area contributed by atoms with Gasteiger partial charge in [0.25, 0.3) is 5.91 Å². The molecule has 0 saturated heterocycles. The molecule has 1 amide bonds. The van der Waals surface area contributed by atoms with Crippen molar-refractivity contribution in [3.8, 4) is 11.5 Å². The average molecular weight is 444 g/mol. The third-order valence-corrected chi connectivity index (χ3v) is 4.51. The number of para-hydroxylation sites is 1. The van der Waals surface area contributed by atoms with E-state index in [0.29, 0.717) is 21.5 Å². The fourth-order valence-electron chi connectivity index (χ4n) is 2.45. The number of amides is 1. The van der Waals surface area contributed by atoms with Crippen LogP contribution < -0.4 is 14.8 Å². The van der Waals surface area contributed by atoms with Crippen molar-refractivity contribution >= 4 is 33.5 Å². The Morgan fingerprint density at radius 2 is 1.68 bits per heavy atom. The maximum atomic E-state index is 13.3. The van der Waals surface area contributed by atoms with Crippen molar-refractivity contribution in [1.82, 2.24) is 0 Å². The number of hydrogen-bond donors (Lipinski definition) is 1. The molecule has 0 atom stereocenters. The second-order valence-electron chi connectivity index (χ2n) is 5.69. The summed E-state index contributed by atoms with van der Waals surface area (Å²) in [4.78, 5) is 24.6. The molecule has 0 spiro atoms. The number of benzene rings is 3. The lowest BCUT2D eigenvalue weighted by atomic mass is 10.2. The van der Waals surface area contributed by atoms with Crippen LogP contribution in [0.5, 0.6) is 11.5 Å². The maximum Gasteiger partial charge on any atom is 0.344 e. The van der Waals surface area contributed by atoms with E-state index in [2.05, 4.69) is 21.2 Å². The summed E-state index contributed by atoms with van der Waals surface area (Å²) < 4.78 is 24.2. The van der Waals surface area contributed by atoms with E-state index in [4.69, 9.17) is 9.47 Å². The summed E-state index contributed by atoms with van der Waals surface area (Å²) in [5.74, 6) is -0.838. The number of carbonyl (C=O) groups excluding carboxylic acids is 2. The monoisotopic (exact) mass is 443 g/mol. The Labute approximate surface area is 169 Å². The lowest BCUT2D eigenvalue weighted by Crippen LogP contribution is -2.13. The minimum absolute atomic E-state index is 0.0774. The number of rotatable bonds is 5. The van der Waals surface area contributed by atoms with Crippen LogP contribution in [0.4, 0.5) is 10.1 Å². The molecule has 5 nitrogen and oxygen atoms in total. The summed E-state index contributed by atoms with van der Waals surface area (Å²) in [5.41, 5.74) is 0.993. The summed E-state index contributed by atoms with van der Waals surface area (Å²) in [6.07, 6.45) is 0. The van der Waals surface area contributed by atoms with E-state index in [1.54, 1.807) is 36.4 Å². The van der Waals surface area contributed by atoms with Crippen LogP contribution in [0.25, 0.3) is 0 Å².